The van der Waals surface area contributed by atoms with Gasteiger partial charge in [0.05, 0.1) is 7.11 Å². The highest BCUT2D eigenvalue weighted by atomic mass is 16.5. The number of rotatable bonds is 7. The van der Waals surface area contributed by atoms with Crippen LogP contribution in [0.5, 0.6) is 5.88 Å². The predicted molar refractivity (Wildman–Crippen MR) is 112 cm³/mol. The van der Waals surface area contributed by atoms with E-state index >= 15 is 0 Å². The monoisotopic (exact) mass is 424 g/mol. The fourth-order valence-electron chi connectivity index (χ4n) is 4.26. The minimum absolute atomic E-state index is 0.00107. The summed E-state index contributed by atoms with van der Waals surface area (Å²) in [5.41, 5.74) is 6.12. The van der Waals surface area contributed by atoms with Crippen molar-refractivity contribution in [2.24, 2.45) is 11.1 Å². The highest BCUT2D eigenvalue weighted by molar-refractivity contribution is 5.95. The smallest absolute Gasteiger partial charge is 0.271 e. The number of aromatic amines is 1. The fraction of sp³-hybridized carbons (Fsp3) is 0.381. The van der Waals surface area contributed by atoms with Crippen molar-refractivity contribution in [3.63, 3.8) is 0 Å². The Morgan fingerprint density at radius 2 is 2.13 bits per heavy atom. The molecule has 10 nitrogen and oxygen atoms in total. The zero-order chi connectivity index (χ0) is 22.0. The van der Waals surface area contributed by atoms with Gasteiger partial charge in [-0.3, -0.25) is 15.0 Å². The van der Waals surface area contributed by atoms with Crippen molar-refractivity contribution >= 4 is 23.8 Å². The second-order valence-corrected chi connectivity index (χ2v) is 8.02. The molecular formula is C21H24N6O4. The Hall–Kier alpha value is -3.69. The summed E-state index contributed by atoms with van der Waals surface area (Å²) in [5, 5.41) is 10.4. The molecule has 2 aliphatic carbocycles. The summed E-state index contributed by atoms with van der Waals surface area (Å²) in [4.78, 5) is 35.1. The van der Waals surface area contributed by atoms with Gasteiger partial charge in [-0.1, -0.05) is 0 Å². The first-order valence-corrected chi connectivity index (χ1v) is 9.96. The Morgan fingerprint density at radius 3 is 2.84 bits per heavy atom. The summed E-state index contributed by atoms with van der Waals surface area (Å²) >= 11 is 0. The molecular weight excluding hydrogens is 400 g/mol. The van der Waals surface area contributed by atoms with Crippen LogP contribution in [0.25, 0.3) is 6.08 Å². The van der Waals surface area contributed by atoms with Crippen LogP contribution in [0.15, 0.2) is 30.6 Å². The number of amides is 2. The molecule has 162 valence electrons. The minimum atomic E-state index is -0.558. The van der Waals surface area contributed by atoms with E-state index in [1.54, 1.807) is 24.4 Å². The largest absolute Gasteiger partial charge is 0.481 e. The Morgan fingerprint density at radius 1 is 1.35 bits per heavy atom. The lowest BCUT2D eigenvalue weighted by molar-refractivity contribution is -0.0848. The van der Waals surface area contributed by atoms with Gasteiger partial charge in [0, 0.05) is 24.5 Å². The van der Waals surface area contributed by atoms with Crippen LogP contribution in [-0.2, 0) is 4.74 Å². The summed E-state index contributed by atoms with van der Waals surface area (Å²) in [5.74, 6) is -0.0374. The number of aromatic nitrogens is 3. The van der Waals surface area contributed by atoms with E-state index in [-0.39, 0.29) is 40.8 Å². The Balaban J connectivity index is 1.23. The van der Waals surface area contributed by atoms with Crippen LogP contribution in [0, 0.1) is 10.8 Å². The van der Waals surface area contributed by atoms with Gasteiger partial charge in [-0.25, -0.2) is 9.97 Å². The van der Waals surface area contributed by atoms with E-state index in [0.717, 1.165) is 25.7 Å². The van der Waals surface area contributed by atoms with Crippen LogP contribution in [-0.4, -0.2) is 51.9 Å². The normalized spacial score (nSPS) is 24.3. The average molecular weight is 424 g/mol. The number of carbonyl (C=O) groups is 2. The molecule has 2 aromatic rings. The second-order valence-electron chi connectivity index (χ2n) is 8.02. The van der Waals surface area contributed by atoms with Crippen molar-refractivity contribution in [3.8, 4) is 5.88 Å². The van der Waals surface area contributed by atoms with E-state index in [0.29, 0.717) is 11.5 Å². The van der Waals surface area contributed by atoms with Gasteiger partial charge in [-0.2, -0.15) is 0 Å². The first kappa shape index (κ1) is 20.6. The van der Waals surface area contributed by atoms with Gasteiger partial charge in [0.25, 0.3) is 11.8 Å². The number of primary amides is 1. The second kappa shape index (κ2) is 8.21. The van der Waals surface area contributed by atoms with Crippen LogP contribution in [0.2, 0.25) is 0 Å². The molecule has 2 fully saturated rings. The maximum atomic E-state index is 12.4. The third kappa shape index (κ3) is 4.42. The zero-order valence-corrected chi connectivity index (χ0v) is 17.1. The van der Waals surface area contributed by atoms with Gasteiger partial charge in [0.2, 0.25) is 11.8 Å². The lowest BCUT2D eigenvalue weighted by Gasteiger charge is -2.57. The molecule has 2 saturated carbocycles. The number of nitrogens with one attached hydrogen (secondary N) is 3. The molecule has 1 spiro atoms. The van der Waals surface area contributed by atoms with Gasteiger partial charge < -0.3 is 25.5 Å². The zero-order valence-electron chi connectivity index (χ0n) is 17.1. The summed E-state index contributed by atoms with van der Waals surface area (Å²) in [6.45, 7) is 0. The number of pyridine rings is 1. The van der Waals surface area contributed by atoms with E-state index in [4.69, 9.17) is 20.6 Å². The maximum Gasteiger partial charge on any atom is 0.271 e. The van der Waals surface area contributed by atoms with Crippen LogP contribution < -0.4 is 15.8 Å². The van der Waals surface area contributed by atoms with E-state index < -0.39 is 5.91 Å². The fourth-order valence-corrected chi connectivity index (χ4v) is 4.26. The molecule has 0 aromatic carbocycles. The number of hydrogen-bond donors (Lipinski definition) is 4. The molecule has 2 amide bonds. The van der Waals surface area contributed by atoms with Gasteiger partial charge in [-0.15, -0.1) is 0 Å². The number of methoxy groups -OCH3 is 1. The van der Waals surface area contributed by atoms with Gasteiger partial charge >= 0.3 is 0 Å². The molecule has 0 bridgehead atoms. The average Bonchev–Trinajstić information content (AvgIpc) is 3.18. The number of imidazole rings is 1. The molecule has 0 aliphatic heterocycles. The molecule has 0 radical (unpaired) electrons. The summed E-state index contributed by atoms with van der Waals surface area (Å²) < 4.78 is 10.6. The van der Waals surface area contributed by atoms with Gasteiger partial charge in [0.15, 0.2) is 0 Å². The van der Waals surface area contributed by atoms with Crippen LogP contribution in [0.4, 0.5) is 0 Å². The van der Waals surface area contributed by atoms with E-state index in [1.807, 2.05) is 0 Å². The minimum Gasteiger partial charge on any atom is -0.481 e. The number of nitrogens with two attached hydrogens (primary N) is 1. The van der Waals surface area contributed by atoms with Gasteiger partial charge in [0.1, 0.15) is 23.2 Å². The van der Waals surface area contributed by atoms with Crippen LogP contribution in [0.1, 0.15) is 52.4 Å². The van der Waals surface area contributed by atoms with Crippen molar-refractivity contribution in [2.45, 2.75) is 37.8 Å². The Kier molecular flexibility index (Phi) is 5.45. The van der Waals surface area contributed by atoms with Crippen molar-refractivity contribution in [3.05, 3.63) is 47.7 Å². The topological polar surface area (TPSA) is 156 Å². The molecule has 31 heavy (non-hydrogen) atoms. The van der Waals surface area contributed by atoms with Crippen molar-refractivity contribution in [1.29, 1.82) is 5.41 Å². The van der Waals surface area contributed by atoms with Crippen molar-refractivity contribution < 1.29 is 19.1 Å². The van der Waals surface area contributed by atoms with Crippen molar-refractivity contribution in [2.75, 3.05) is 7.11 Å². The Labute approximate surface area is 178 Å². The van der Waals surface area contributed by atoms with E-state index in [1.165, 1.54) is 19.4 Å². The molecule has 2 aliphatic rings. The number of hydrogen-bond acceptors (Lipinski definition) is 7. The first-order valence-electron chi connectivity index (χ1n) is 9.96. The Bertz CT molecular complexity index is 1030. The van der Waals surface area contributed by atoms with E-state index in [9.17, 15) is 9.59 Å². The third-order valence-corrected chi connectivity index (χ3v) is 5.77. The SMILES string of the molecule is COC(=N)/C=C\c1nc(C(=O)N[C@H]2CC3(C2)C[C@H](Oc2ncccc2C(N)=O)C3)c[nH]1. The number of H-pyrrole nitrogens is 1. The molecule has 0 saturated heterocycles. The van der Waals surface area contributed by atoms with Crippen LogP contribution in [0.3, 0.4) is 0 Å². The molecule has 0 atom stereocenters. The quantitative estimate of drug-likeness (QED) is 0.391. The molecule has 2 heterocycles. The molecule has 10 heteroatoms. The van der Waals surface area contributed by atoms with Crippen molar-refractivity contribution in [1.82, 2.24) is 20.3 Å². The third-order valence-electron chi connectivity index (χ3n) is 5.77. The van der Waals surface area contributed by atoms with Crippen LogP contribution >= 0.6 is 0 Å². The standard InChI is InChI=1S/C21H24N6O4/c1-30-16(22)4-5-17-25-11-15(27-17)19(29)26-12-7-21(8-12)9-13(10-21)31-20-14(18(23)28)3-2-6-24-20/h2-6,11-13,22H,7-10H2,1H3,(H2,23,28)(H,25,27)(H,26,29)/b5-4-,22-16?/t12-,13-,21?. The lowest BCUT2D eigenvalue weighted by atomic mass is 9.53. The molecule has 4 rings (SSSR count). The highest BCUT2D eigenvalue weighted by Crippen LogP contribution is 2.56. The highest BCUT2D eigenvalue weighted by Gasteiger charge is 2.54. The summed E-state index contributed by atoms with van der Waals surface area (Å²) in [7, 11) is 1.41. The number of nitrogens with zero attached hydrogens (tertiary/aromatic N) is 2. The molecule has 0 unspecified atom stereocenters. The maximum absolute atomic E-state index is 12.4. The summed E-state index contributed by atoms with van der Waals surface area (Å²) in [6, 6.07) is 3.35. The first-order chi connectivity index (χ1) is 14.9. The lowest BCUT2D eigenvalue weighted by Crippen LogP contribution is -2.58. The van der Waals surface area contributed by atoms with E-state index in [2.05, 4.69) is 20.3 Å². The number of ether oxygens (including phenoxy) is 2. The predicted octanol–water partition coefficient (Wildman–Crippen LogP) is 1.66. The van der Waals surface area contributed by atoms with Gasteiger partial charge in [-0.05, 0) is 49.3 Å². The number of carbonyl (C=O) groups excluding carboxylic acids is 2. The summed E-state index contributed by atoms with van der Waals surface area (Å²) in [6.07, 6.45) is 9.60. The molecule has 2 aromatic heterocycles. The molecule has 5 N–H and O–H groups in total.